The van der Waals surface area contributed by atoms with Gasteiger partial charge in [-0.25, -0.2) is 13.2 Å². The van der Waals surface area contributed by atoms with E-state index in [1.165, 1.54) is 16.4 Å². The average molecular weight is 331 g/mol. The SMILES string of the molecule is O=c1[nH]c2ccc(S(=O)(=O)N3CCOc4ccccc43)cc2[nH]1. The lowest BCUT2D eigenvalue weighted by Crippen LogP contribution is -2.37. The average Bonchev–Trinajstić information content (AvgIpc) is 2.93. The quantitative estimate of drug-likeness (QED) is 0.743. The van der Waals surface area contributed by atoms with Crippen LogP contribution in [0.5, 0.6) is 5.75 Å². The van der Waals surface area contributed by atoms with Crippen molar-refractivity contribution < 1.29 is 13.2 Å². The van der Waals surface area contributed by atoms with Crippen LogP contribution in [0.2, 0.25) is 0 Å². The van der Waals surface area contributed by atoms with Crippen LogP contribution in [0.4, 0.5) is 5.69 Å². The summed E-state index contributed by atoms with van der Waals surface area (Å²) in [7, 11) is -3.74. The highest BCUT2D eigenvalue weighted by Crippen LogP contribution is 2.35. The molecule has 1 aliphatic rings. The molecular formula is C15H13N3O4S. The van der Waals surface area contributed by atoms with Gasteiger partial charge in [-0.05, 0) is 30.3 Å². The highest BCUT2D eigenvalue weighted by Gasteiger charge is 2.30. The van der Waals surface area contributed by atoms with Gasteiger partial charge in [-0.1, -0.05) is 12.1 Å². The number of anilines is 1. The smallest absolute Gasteiger partial charge is 0.323 e. The van der Waals surface area contributed by atoms with E-state index in [-0.39, 0.29) is 17.1 Å². The molecule has 0 radical (unpaired) electrons. The largest absolute Gasteiger partial charge is 0.489 e. The van der Waals surface area contributed by atoms with Gasteiger partial charge in [0.05, 0.1) is 28.2 Å². The number of H-pyrrole nitrogens is 2. The zero-order valence-electron chi connectivity index (χ0n) is 11.9. The zero-order valence-corrected chi connectivity index (χ0v) is 12.8. The Morgan fingerprint density at radius 3 is 2.70 bits per heavy atom. The van der Waals surface area contributed by atoms with Gasteiger partial charge in [0.15, 0.2) is 0 Å². The first-order chi connectivity index (χ1) is 11.1. The first-order valence-corrected chi connectivity index (χ1v) is 8.46. The maximum Gasteiger partial charge on any atom is 0.323 e. The zero-order chi connectivity index (χ0) is 16.0. The van der Waals surface area contributed by atoms with Crippen molar-refractivity contribution in [3.63, 3.8) is 0 Å². The lowest BCUT2D eigenvalue weighted by molar-refractivity contribution is 0.316. The van der Waals surface area contributed by atoms with Crippen LogP contribution >= 0.6 is 0 Å². The molecule has 23 heavy (non-hydrogen) atoms. The Balaban J connectivity index is 1.85. The van der Waals surface area contributed by atoms with E-state index >= 15 is 0 Å². The lowest BCUT2D eigenvalue weighted by atomic mass is 10.2. The second-order valence-corrected chi connectivity index (χ2v) is 7.04. The normalized spacial score (nSPS) is 14.5. The van der Waals surface area contributed by atoms with Crippen molar-refractivity contribution in [3.05, 3.63) is 52.9 Å². The molecule has 0 saturated heterocycles. The molecule has 0 unspecified atom stereocenters. The van der Waals surface area contributed by atoms with Crippen molar-refractivity contribution in [1.82, 2.24) is 9.97 Å². The summed E-state index contributed by atoms with van der Waals surface area (Å²) in [6, 6.07) is 11.5. The minimum atomic E-state index is -3.74. The second kappa shape index (κ2) is 4.88. The molecule has 1 aromatic heterocycles. The molecule has 0 fully saturated rings. The number of aromatic nitrogens is 2. The predicted octanol–water partition coefficient (Wildman–Crippen LogP) is 1.44. The van der Waals surface area contributed by atoms with Crippen LogP contribution in [0.1, 0.15) is 0 Å². The summed E-state index contributed by atoms with van der Waals surface area (Å²) in [5.74, 6) is 0.540. The number of nitrogens with one attached hydrogen (secondary N) is 2. The van der Waals surface area contributed by atoms with Crippen molar-refractivity contribution in [2.75, 3.05) is 17.5 Å². The Morgan fingerprint density at radius 1 is 1.04 bits per heavy atom. The third-order valence-electron chi connectivity index (χ3n) is 3.76. The Hall–Kier alpha value is -2.74. The van der Waals surface area contributed by atoms with Crippen LogP contribution in [-0.4, -0.2) is 31.5 Å². The molecule has 3 aromatic rings. The number of rotatable bonds is 2. The monoisotopic (exact) mass is 331 g/mol. The highest BCUT2D eigenvalue weighted by molar-refractivity contribution is 7.92. The third kappa shape index (κ3) is 2.18. The maximum absolute atomic E-state index is 13.0. The highest BCUT2D eigenvalue weighted by atomic mass is 32.2. The fourth-order valence-electron chi connectivity index (χ4n) is 2.69. The van der Waals surface area contributed by atoms with Crippen molar-refractivity contribution in [1.29, 1.82) is 0 Å². The fraction of sp³-hybridized carbons (Fsp3) is 0.133. The predicted molar refractivity (Wildman–Crippen MR) is 85.4 cm³/mol. The van der Waals surface area contributed by atoms with Crippen LogP contribution in [0.3, 0.4) is 0 Å². The number of sulfonamides is 1. The van der Waals surface area contributed by atoms with E-state index in [9.17, 15) is 13.2 Å². The van der Waals surface area contributed by atoms with E-state index in [1.54, 1.807) is 30.3 Å². The first-order valence-electron chi connectivity index (χ1n) is 7.02. The molecule has 0 saturated carbocycles. The van der Waals surface area contributed by atoms with Crippen LogP contribution in [0.25, 0.3) is 11.0 Å². The summed E-state index contributed by atoms with van der Waals surface area (Å²) in [5, 5.41) is 0. The molecule has 0 bridgehead atoms. The van der Waals surface area contributed by atoms with Crippen molar-refractivity contribution in [2.24, 2.45) is 0 Å². The van der Waals surface area contributed by atoms with Gasteiger partial charge >= 0.3 is 5.69 Å². The second-order valence-electron chi connectivity index (χ2n) is 5.18. The number of hydrogen-bond acceptors (Lipinski definition) is 4. The van der Waals surface area contributed by atoms with Crippen LogP contribution in [0.15, 0.2) is 52.2 Å². The fourth-order valence-corrected chi connectivity index (χ4v) is 4.18. The molecule has 0 amide bonds. The van der Waals surface area contributed by atoms with E-state index in [4.69, 9.17) is 4.74 Å². The van der Waals surface area contributed by atoms with Gasteiger partial charge < -0.3 is 14.7 Å². The van der Waals surface area contributed by atoms with Gasteiger partial charge in [-0.3, -0.25) is 4.31 Å². The molecule has 1 aliphatic heterocycles. The summed E-state index contributed by atoms with van der Waals surface area (Å²) >= 11 is 0. The van der Waals surface area contributed by atoms with E-state index in [0.29, 0.717) is 29.1 Å². The maximum atomic E-state index is 13.0. The number of imidazole rings is 1. The standard InChI is InChI=1S/C15H13N3O4S/c19-15-16-11-6-5-10(9-12(11)17-15)23(20,21)18-7-8-22-14-4-2-1-3-13(14)18/h1-6,9H,7-8H2,(H2,16,17,19). The molecule has 0 aliphatic carbocycles. The van der Waals surface area contributed by atoms with Gasteiger partial charge in [0, 0.05) is 0 Å². The lowest BCUT2D eigenvalue weighted by Gasteiger charge is -2.30. The van der Waals surface area contributed by atoms with E-state index < -0.39 is 10.0 Å². The summed E-state index contributed by atoms with van der Waals surface area (Å²) in [6.45, 7) is 0.528. The Labute approximate surface area is 131 Å². The van der Waals surface area contributed by atoms with E-state index in [0.717, 1.165) is 0 Å². The summed E-state index contributed by atoms with van der Waals surface area (Å²) in [4.78, 5) is 16.6. The first kappa shape index (κ1) is 13.9. The molecule has 8 heteroatoms. The Bertz CT molecular complexity index is 1050. The van der Waals surface area contributed by atoms with Crippen LogP contribution in [0, 0.1) is 0 Å². The van der Waals surface area contributed by atoms with Crippen molar-refractivity contribution >= 4 is 26.7 Å². The Morgan fingerprint density at radius 2 is 1.83 bits per heavy atom. The molecule has 118 valence electrons. The van der Waals surface area contributed by atoms with Crippen LogP contribution < -0.4 is 14.7 Å². The van der Waals surface area contributed by atoms with E-state index in [2.05, 4.69) is 9.97 Å². The number of fused-ring (bicyclic) bond motifs is 2. The number of ether oxygens (including phenoxy) is 1. The minimum Gasteiger partial charge on any atom is -0.489 e. The van der Waals surface area contributed by atoms with Gasteiger partial charge in [0.1, 0.15) is 12.4 Å². The molecule has 7 nitrogen and oxygen atoms in total. The molecule has 2 heterocycles. The van der Waals surface area contributed by atoms with Gasteiger partial charge in [-0.15, -0.1) is 0 Å². The molecule has 0 spiro atoms. The summed E-state index contributed by atoms with van der Waals surface area (Å²) in [5.41, 5.74) is 1.17. The topological polar surface area (TPSA) is 95.3 Å². The molecule has 2 N–H and O–H groups in total. The van der Waals surface area contributed by atoms with E-state index in [1.807, 2.05) is 0 Å². The van der Waals surface area contributed by atoms with Crippen molar-refractivity contribution in [3.8, 4) is 5.75 Å². The van der Waals surface area contributed by atoms with Gasteiger partial charge in [0.2, 0.25) is 0 Å². The van der Waals surface area contributed by atoms with Crippen molar-refractivity contribution in [2.45, 2.75) is 4.90 Å². The molecule has 2 aromatic carbocycles. The molecule has 4 rings (SSSR count). The number of para-hydroxylation sites is 2. The number of aromatic amines is 2. The summed E-state index contributed by atoms with van der Waals surface area (Å²) < 4.78 is 32.8. The molecule has 0 atom stereocenters. The minimum absolute atomic E-state index is 0.122. The van der Waals surface area contributed by atoms with Crippen LogP contribution in [-0.2, 0) is 10.0 Å². The third-order valence-corrected chi connectivity index (χ3v) is 5.57. The number of nitrogens with zero attached hydrogens (tertiary/aromatic N) is 1. The summed E-state index contributed by atoms with van der Waals surface area (Å²) in [6.07, 6.45) is 0. The van der Waals surface area contributed by atoms with Gasteiger partial charge in [-0.2, -0.15) is 0 Å². The van der Waals surface area contributed by atoms with Gasteiger partial charge in [0.25, 0.3) is 10.0 Å². The number of benzene rings is 2. The Kier molecular flexibility index (Phi) is 2.95. The number of hydrogen-bond donors (Lipinski definition) is 2. The molecular weight excluding hydrogens is 318 g/mol.